The molecule has 49 heavy (non-hydrogen) atoms. The number of aromatic nitrogens is 1. The van der Waals surface area contributed by atoms with E-state index in [1.54, 1.807) is 30.3 Å². The van der Waals surface area contributed by atoms with Crippen LogP contribution >= 0.6 is 0 Å². The number of carbonyl (C=O) groups is 3. The van der Waals surface area contributed by atoms with Crippen LogP contribution in [0.3, 0.4) is 0 Å². The summed E-state index contributed by atoms with van der Waals surface area (Å²) in [7, 11) is 4.00. The van der Waals surface area contributed by atoms with Gasteiger partial charge in [0.15, 0.2) is 0 Å². The number of nitrogens with zero attached hydrogens (tertiary/aromatic N) is 1. The van der Waals surface area contributed by atoms with Crippen LogP contribution in [0.5, 0.6) is 5.75 Å². The highest BCUT2D eigenvalue weighted by molar-refractivity contribution is 6.05. The lowest BCUT2D eigenvalue weighted by Gasteiger charge is -2.20. The Labute approximate surface area is 285 Å². The second-order valence-electron chi connectivity index (χ2n) is 11.9. The number of nitrogens with one attached hydrogen (secondary N) is 1. The first-order valence-corrected chi connectivity index (χ1v) is 16.0. The van der Waals surface area contributed by atoms with Crippen molar-refractivity contribution in [1.29, 1.82) is 0 Å². The number of hydrogen-bond donors (Lipinski definition) is 3. The molecule has 0 aliphatic heterocycles. The Kier molecular flexibility index (Phi) is 12.7. The Morgan fingerprint density at radius 2 is 1.53 bits per heavy atom. The van der Waals surface area contributed by atoms with Crippen molar-refractivity contribution in [3.8, 4) is 28.0 Å². The molecule has 0 fully saturated rings. The summed E-state index contributed by atoms with van der Waals surface area (Å²) >= 11 is 0. The van der Waals surface area contributed by atoms with Gasteiger partial charge in [-0.15, -0.1) is 0 Å². The summed E-state index contributed by atoms with van der Waals surface area (Å²) in [4.78, 5) is 38.1. The largest absolute Gasteiger partial charge is 0.496 e. The number of carbonyl (C=O) groups excluding carboxylic acids is 3. The monoisotopic (exact) mass is 674 g/mol. The Morgan fingerprint density at radius 3 is 2.14 bits per heavy atom. The minimum Gasteiger partial charge on any atom is -0.496 e. The number of methoxy groups -OCH3 is 3. The van der Waals surface area contributed by atoms with Crippen molar-refractivity contribution in [2.75, 3.05) is 21.3 Å². The fraction of sp³-hybridized carbons (Fsp3) is 0.342. The van der Waals surface area contributed by atoms with Gasteiger partial charge in [0.2, 0.25) is 0 Å². The van der Waals surface area contributed by atoms with E-state index < -0.39 is 30.0 Å². The third kappa shape index (κ3) is 8.92. The molecule has 0 aliphatic carbocycles. The number of aliphatic hydroxyl groups excluding tert-OH is 2. The lowest BCUT2D eigenvalue weighted by molar-refractivity contribution is -0.143. The maximum atomic E-state index is 14.4. The van der Waals surface area contributed by atoms with E-state index in [-0.39, 0.29) is 37.8 Å². The van der Waals surface area contributed by atoms with E-state index in [1.165, 1.54) is 33.5 Å². The van der Waals surface area contributed by atoms with Crippen LogP contribution in [-0.2, 0) is 27.2 Å². The zero-order valence-corrected chi connectivity index (χ0v) is 28.4. The summed E-state index contributed by atoms with van der Waals surface area (Å²) in [6.45, 7) is 3.99. The van der Waals surface area contributed by atoms with Gasteiger partial charge in [0, 0.05) is 35.0 Å². The molecule has 0 unspecified atom stereocenters. The maximum Gasteiger partial charge on any atom is 0.337 e. The Bertz CT molecular complexity index is 1750. The molecule has 4 rings (SSSR count). The van der Waals surface area contributed by atoms with Crippen molar-refractivity contribution >= 4 is 17.8 Å². The highest BCUT2D eigenvalue weighted by Crippen LogP contribution is 2.42. The van der Waals surface area contributed by atoms with Crippen LogP contribution in [0.15, 0.2) is 72.8 Å². The van der Waals surface area contributed by atoms with E-state index in [9.17, 15) is 29.0 Å². The van der Waals surface area contributed by atoms with E-state index in [0.29, 0.717) is 45.7 Å². The standard InChI is InChI=1S/C38H43FN2O8/c1-23(2)41-31(18-17-29(42)20-30(43)21-33(44)48-4)34(25-13-15-28(39)16-14-25)35(24-9-7-6-8-10-24)36(41)37(45)40-22-27-12-11-26(38(46)49-5)19-32(27)47-3/h6-16,19,23,29-30,42-43H,17-18,20-22H2,1-5H3,(H,40,45)/t29-,30-/m1/s1. The lowest BCUT2D eigenvalue weighted by Crippen LogP contribution is -2.27. The minimum absolute atomic E-state index is 0.0428. The molecule has 0 aliphatic rings. The van der Waals surface area contributed by atoms with Crippen LogP contribution in [0.2, 0.25) is 0 Å². The fourth-order valence-electron chi connectivity index (χ4n) is 5.98. The zero-order valence-electron chi connectivity index (χ0n) is 28.4. The van der Waals surface area contributed by atoms with Gasteiger partial charge in [-0.2, -0.15) is 0 Å². The summed E-state index contributed by atoms with van der Waals surface area (Å²) in [5.74, 6) is -1.47. The van der Waals surface area contributed by atoms with E-state index in [1.807, 2.05) is 48.7 Å². The van der Waals surface area contributed by atoms with Gasteiger partial charge in [-0.05, 0) is 68.5 Å². The maximum absolute atomic E-state index is 14.4. The molecular weight excluding hydrogens is 631 g/mol. The van der Waals surface area contributed by atoms with Crippen molar-refractivity contribution in [2.45, 2.75) is 64.3 Å². The number of benzene rings is 3. The molecule has 10 nitrogen and oxygen atoms in total. The lowest BCUT2D eigenvalue weighted by atomic mass is 9.92. The van der Waals surface area contributed by atoms with Crippen LogP contribution in [0.4, 0.5) is 4.39 Å². The number of aliphatic hydroxyl groups is 2. The first-order chi connectivity index (χ1) is 23.5. The van der Waals surface area contributed by atoms with E-state index in [0.717, 1.165) is 11.3 Å². The Balaban J connectivity index is 1.82. The second kappa shape index (κ2) is 16.9. The molecule has 4 aromatic rings. The fourth-order valence-corrected chi connectivity index (χ4v) is 5.98. The molecule has 1 aromatic heterocycles. The van der Waals surface area contributed by atoms with Gasteiger partial charge in [0.05, 0.1) is 45.5 Å². The number of rotatable bonds is 15. The molecule has 0 spiro atoms. The first kappa shape index (κ1) is 36.8. The molecule has 1 amide bonds. The molecule has 3 N–H and O–H groups in total. The van der Waals surface area contributed by atoms with E-state index in [4.69, 9.17) is 9.47 Å². The number of amides is 1. The van der Waals surface area contributed by atoms with Gasteiger partial charge in [-0.25, -0.2) is 9.18 Å². The third-order valence-corrected chi connectivity index (χ3v) is 8.27. The number of hydrogen-bond acceptors (Lipinski definition) is 8. The zero-order chi connectivity index (χ0) is 35.7. The van der Waals surface area contributed by atoms with Gasteiger partial charge in [0.25, 0.3) is 5.91 Å². The van der Waals surface area contributed by atoms with Crippen molar-refractivity contribution in [3.05, 3.63) is 101 Å². The molecule has 11 heteroatoms. The molecule has 0 saturated heterocycles. The third-order valence-electron chi connectivity index (χ3n) is 8.27. The molecule has 2 atom stereocenters. The van der Waals surface area contributed by atoms with Crippen molar-refractivity contribution in [2.24, 2.45) is 0 Å². The van der Waals surface area contributed by atoms with Crippen LogP contribution in [0, 0.1) is 5.82 Å². The normalized spacial score (nSPS) is 12.3. The van der Waals surface area contributed by atoms with Gasteiger partial charge < -0.3 is 34.3 Å². The second-order valence-corrected chi connectivity index (χ2v) is 11.9. The van der Waals surface area contributed by atoms with Gasteiger partial charge in [0.1, 0.15) is 17.3 Å². The molecule has 0 bridgehead atoms. The predicted molar refractivity (Wildman–Crippen MR) is 183 cm³/mol. The number of halogens is 1. The highest BCUT2D eigenvalue weighted by atomic mass is 19.1. The average Bonchev–Trinajstić information content (AvgIpc) is 3.45. The number of esters is 2. The molecule has 0 saturated carbocycles. The Morgan fingerprint density at radius 1 is 0.857 bits per heavy atom. The van der Waals surface area contributed by atoms with E-state index >= 15 is 0 Å². The van der Waals surface area contributed by atoms with Crippen molar-refractivity contribution < 1.29 is 43.2 Å². The van der Waals surface area contributed by atoms with Crippen molar-refractivity contribution in [3.63, 3.8) is 0 Å². The van der Waals surface area contributed by atoms with Crippen LogP contribution in [0.1, 0.15) is 71.3 Å². The molecule has 1 heterocycles. The molecule has 0 radical (unpaired) electrons. The van der Waals surface area contributed by atoms with Gasteiger partial charge >= 0.3 is 11.9 Å². The molecular formula is C38H43FN2O8. The SMILES string of the molecule is COC(=O)C[C@H](O)C[C@H](O)CCc1c(-c2ccc(F)cc2)c(-c2ccccc2)c(C(=O)NCc2ccc(C(=O)OC)cc2OC)n1C(C)C. The van der Waals surface area contributed by atoms with Gasteiger partial charge in [-0.3, -0.25) is 9.59 Å². The minimum atomic E-state index is -1.09. The first-order valence-electron chi connectivity index (χ1n) is 16.0. The quantitative estimate of drug-likeness (QED) is 0.133. The predicted octanol–water partition coefficient (Wildman–Crippen LogP) is 5.87. The van der Waals surface area contributed by atoms with Crippen LogP contribution < -0.4 is 10.1 Å². The number of ether oxygens (including phenoxy) is 3. The Hall–Kier alpha value is -5.00. The summed E-state index contributed by atoms with van der Waals surface area (Å²) in [6, 6.07) is 20.1. The highest BCUT2D eigenvalue weighted by Gasteiger charge is 2.30. The molecule has 260 valence electrons. The summed E-state index contributed by atoms with van der Waals surface area (Å²) in [5, 5.41) is 24.3. The van der Waals surface area contributed by atoms with Crippen LogP contribution in [0.25, 0.3) is 22.3 Å². The summed E-state index contributed by atoms with van der Waals surface area (Å²) in [5.41, 5.74) is 4.87. The van der Waals surface area contributed by atoms with Crippen LogP contribution in [-0.4, -0.2) is 66.2 Å². The smallest absolute Gasteiger partial charge is 0.337 e. The van der Waals surface area contributed by atoms with E-state index in [2.05, 4.69) is 10.1 Å². The average molecular weight is 675 g/mol. The summed E-state index contributed by atoms with van der Waals surface area (Å²) < 4.78 is 31.1. The van der Waals surface area contributed by atoms with Crippen molar-refractivity contribution in [1.82, 2.24) is 9.88 Å². The molecule has 3 aromatic carbocycles. The topological polar surface area (TPSA) is 136 Å². The van der Waals surface area contributed by atoms with Gasteiger partial charge in [-0.1, -0.05) is 48.5 Å². The summed E-state index contributed by atoms with van der Waals surface area (Å²) in [6.07, 6.45) is -1.83.